The van der Waals surface area contributed by atoms with Crippen LogP contribution in [0.3, 0.4) is 0 Å². The van der Waals surface area contributed by atoms with E-state index in [-0.39, 0.29) is 11.1 Å². The molecular weight excluding hydrogens is 348 g/mol. The van der Waals surface area contributed by atoms with E-state index in [0.717, 1.165) is 46.8 Å². The number of hydrogen-bond donors (Lipinski definition) is 2. The fraction of sp³-hybridized carbons (Fsp3) is 0.500. The largest absolute Gasteiger partial charge is 0.355 e. The predicted molar refractivity (Wildman–Crippen MR) is 115 cm³/mol. The van der Waals surface area contributed by atoms with Gasteiger partial charge in [-0.2, -0.15) is 0 Å². The van der Waals surface area contributed by atoms with Gasteiger partial charge in [-0.15, -0.1) is 10.2 Å². The molecule has 0 bridgehead atoms. The van der Waals surface area contributed by atoms with Crippen molar-refractivity contribution >= 4 is 16.9 Å². The summed E-state index contributed by atoms with van der Waals surface area (Å²) in [6.45, 7) is 11.1. The number of H-pyrrole nitrogens is 1. The van der Waals surface area contributed by atoms with E-state index in [0.29, 0.717) is 6.04 Å². The number of hydrogen-bond acceptors (Lipinski definition) is 5. The van der Waals surface area contributed by atoms with Crippen molar-refractivity contribution in [3.8, 4) is 11.3 Å². The lowest BCUT2D eigenvalue weighted by atomic mass is 9.79. The number of imidazole rings is 1. The summed E-state index contributed by atoms with van der Waals surface area (Å²) < 4.78 is 0. The highest BCUT2D eigenvalue weighted by molar-refractivity contribution is 5.81. The first-order valence-corrected chi connectivity index (χ1v) is 9.95. The van der Waals surface area contributed by atoms with Gasteiger partial charge in [-0.05, 0) is 71.7 Å². The molecule has 2 N–H and O–H groups in total. The molecule has 3 aromatic rings. The first kappa shape index (κ1) is 18.9. The van der Waals surface area contributed by atoms with Gasteiger partial charge in [-0.1, -0.05) is 6.07 Å². The summed E-state index contributed by atoms with van der Waals surface area (Å²) in [5, 5.41) is 12.8. The molecule has 0 saturated carbocycles. The summed E-state index contributed by atoms with van der Waals surface area (Å²) in [5.74, 6) is 1.84. The highest BCUT2D eigenvalue weighted by Crippen LogP contribution is 2.32. The standard InChI is InChI=1S/C22H30N6/c1-14-23-18-8-7-15(11-19(18)24-14)17-9-10-20(26-25-17)28(6)16-12-21(2,3)27-22(4,5)13-16/h7-11,16,27H,12-13H2,1-6H3,(H,23,24). The van der Waals surface area contributed by atoms with Crippen molar-refractivity contribution in [2.24, 2.45) is 0 Å². The van der Waals surface area contributed by atoms with E-state index in [2.05, 4.69) is 83.3 Å². The van der Waals surface area contributed by atoms with Crippen LogP contribution < -0.4 is 10.2 Å². The van der Waals surface area contributed by atoms with E-state index in [9.17, 15) is 0 Å². The minimum atomic E-state index is 0.103. The molecule has 1 aliphatic rings. The molecule has 0 spiro atoms. The number of nitrogens with one attached hydrogen (secondary N) is 2. The van der Waals surface area contributed by atoms with Gasteiger partial charge in [0.1, 0.15) is 5.82 Å². The third-order valence-electron chi connectivity index (χ3n) is 5.62. The molecule has 148 valence electrons. The van der Waals surface area contributed by atoms with Gasteiger partial charge in [0, 0.05) is 29.7 Å². The molecule has 6 heteroatoms. The average molecular weight is 379 g/mol. The molecule has 3 heterocycles. The number of aromatic amines is 1. The van der Waals surface area contributed by atoms with E-state index < -0.39 is 0 Å². The Bertz CT molecular complexity index is 970. The van der Waals surface area contributed by atoms with Crippen molar-refractivity contribution in [3.05, 3.63) is 36.2 Å². The second kappa shape index (κ2) is 6.55. The Kier molecular flexibility index (Phi) is 4.42. The highest BCUT2D eigenvalue weighted by Gasteiger charge is 2.39. The number of aryl methyl sites for hydroxylation is 1. The number of fused-ring (bicyclic) bond motifs is 1. The highest BCUT2D eigenvalue weighted by atomic mass is 15.3. The summed E-state index contributed by atoms with van der Waals surface area (Å²) in [7, 11) is 2.13. The minimum Gasteiger partial charge on any atom is -0.355 e. The Hall–Kier alpha value is -2.47. The third-order valence-corrected chi connectivity index (χ3v) is 5.62. The lowest BCUT2D eigenvalue weighted by Crippen LogP contribution is -2.62. The zero-order valence-electron chi connectivity index (χ0n) is 17.7. The second-order valence-corrected chi connectivity index (χ2v) is 9.40. The van der Waals surface area contributed by atoms with Crippen LogP contribution in [0.25, 0.3) is 22.3 Å². The molecule has 4 rings (SSSR count). The van der Waals surface area contributed by atoms with Crippen molar-refractivity contribution in [2.45, 2.75) is 64.6 Å². The summed E-state index contributed by atoms with van der Waals surface area (Å²) in [4.78, 5) is 10.0. The van der Waals surface area contributed by atoms with Gasteiger partial charge in [0.05, 0.1) is 16.7 Å². The Labute approximate surface area is 166 Å². The number of benzene rings is 1. The van der Waals surface area contributed by atoms with Crippen molar-refractivity contribution in [2.75, 3.05) is 11.9 Å². The van der Waals surface area contributed by atoms with Gasteiger partial charge in [0.15, 0.2) is 5.82 Å². The van der Waals surface area contributed by atoms with Crippen LogP contribution in [0.15, 0.2) is 30.3 Å². The van der Waals surface area contributed by atoms with Crippen molar-refractivity contribution in [1.29, 1.82) is 0 Å². The van der Waals surface area contributed by atoms with Gasteiger partial charge in [0.2, 0.25) is 0 Å². The molecular formula is C22H30N6. The Morgan fingerprint density at radius 1 is 1.00 bits per heavy atom. The van der Waals surface area contributed by atoms with E-state index in [1.807, 2.05) is 19.1 Å². The number of anilines is 1. The number of aromatic nitrogens is 4. The van der Waals surface area contributed by atoms with E-state index in [1.165, 1.54) is 0 Å². The van der Waals surface area contributed by atoms with E-state index >= 15 is 0 Å². The summed E-state index contributed by atoms with van der Waals surface area (Å²) in [5.41, 5.74) is 4.12. The fourth-order valence-electron chi connectivity index (χ4n) is 4.69. The lowest BCUT2D eigenvalue weighted by molar-refractivity contribution is 0.160. The maximum absolute atomic E-state index is 4.54. The number of piperidine rings is 1. The molecule has 0 unspecified atom stereocenters. The monoisotopic (exact) mass is 378 g/mol. The molecule has 0 aliphatic carbocycles. The number of nitrogens with zero attached hydrogens (tertiary/aromatic N) is 4. The summed E-state index contributed by atoms with van der Waals surface area (Å²) >= 11 is 0. The van der Waals surface area contributed by atoms with E-state index in [1.54, 1.807) is 0 Å². The third kappa shape index (κ3) is 3.74. The molecule has 0 amide bonds. The normalized spacial score (nSPS) is 19.1. The minimum absolute atomic E-state index is 0.103. The maximum Gasteiger partial charge on any atom is 0.151 e. The summed E-state index contributed by atoms with van der Waals surface area (Å²) in [6, 6.07) is 10.7. The quantitative estimate of drug-likeness (QED) is 0.719. The fourth-order valence-corrected chi connectivity index (χ4v) is 4.69. The van der Waals surface area contributed by atoms with Crippen LogP contribution in [0, 0.1) is 6.92 Å². The van der Waals surface area contributed by atoms with Crippen molar-refractivity contribution < 1.29 is 0 Å². The van der Waals surface area contributed by atoms with Crippen LogP contribution in [-0.2, 0) is 0 Å². The molecule has 6 nitrogen and oxygen atoms in total. The van der Waals surface area contributed by atoms with Crippen LogP contribution in [0.4, 0.5) is 5.82 Å². The van der Waals surface area contributed by atoms with Crippen molar-refractivity contribution in [1.82, 2.24) is 25.5 Å². The maximum atomic E-state index is 4.54. The number of rotatable bonds is 3. The lowest BCUT2D eigenvalue weighted by Gasteiger charge is -2.49. The molecule has 1 fully saturated rings. The second-order valence-electron chi connectivity index (χ2n) is 9.40. The Morgan fingerprint density at radius 2 is 1.71 bits per heavy atom. The van der Waals surface area contributed by atoms with Gasteiger partial charge in [-0.25, -0.2) is 4.98 Å². The molecule has 28 heavy (non-hydrogen) atoms. The van der Waals surface area contributed by atoms with Gasteiger partial charge >= 0.3 is 0 Å². The van der Waals surface area contributed by atoms with Crippen LogP contribution in [0.1, 0.15) is 46.4 Å². The molecule has 0 radical (unpaired) electrons. The Balaban J connectivity index is 1.56. The first-order valence-electron chi connectivity index (χ1n) is 9.95. The van der Waals surface area contributed by atoms with E-state index in [4.69, 9.17) is 0 Å². The first-order chi connectivity index (χ1) is 13.1. The molecule has 2 aromatic heterocycles. The van der Waals surface area contributed by atoms with Crippen LogP contribution in [-0.4, -0.2) is 44.3 Å². The molecule has 1 saturated heterocycles. The zero-order valence-corrected chi connectivity index (χ0v) is 17.7. The molecule has 1 aliphatic heterocycles. The summed E-state index contributed by atoms with van der Waals surface area (Å²) in [6.07, 6.45) is 2.15. The predicted octanol–water partition coefficient (Wildman–Crippen LogP) is 4.07. The molecule has 1 aromatic carbocycles. The average Bonchev–Trinajstić information content (AvgIpc) is 2.97. The van der Waals surface area contributed by atoms with Crippen LogP contribution >= 0.6 is 0 Å². The Morgan fingerprint density at radius 3 is 2.36 bits per heavy atom. The topological polar surface area (TPSA) is 69.7 Å². The van der Waals surface area contributed by atoms with Gasteiger partial charge in [-0.3, -0.25) is 0 Å². The molecule has 0 atom stereocenters. The van der Waals surface area contributed by atoms with Gasteiger partial charge < -0.3 is 15.2 Å². The van der Waals surface area contributed by atoms with Crippen LogP contribution in [0.2, 0.25) is 0 Å². The zero-order chi connectivity index (χ0) is 20.1. The van der Waals surface area contributed by atoms with Crippen molar-refractivity contribution in [3.63, 3.8) is 0 Å². The van der Waals surface area contributed by atoms with Crippen LogP contribution in [0.5, 0.6) is 0 Å². The SMILES string of the molecule is Cc1nc2ccc(-c3ccc(N(C)C4CC(C)(C)NC(C)(C)C4)nn3)cc2[nH]1. The smallest absolute Gasteiger partial charge is 0.151 e. The van der Waals surface area contributed by atoms with Gasteiger partial charge in [0.25, 0.3) is 0 Å².